The van der Waals surface area contributed by atoms with E-state index in [1.54, 1.807) is 0 Å². The highest BCUT2D eigenvalue weighted by molar-refractivity contribution is 5.66. The lowest BCUT2D eigenvalue weighted by Gasteiger charge is -2.17. The first-order chi connectivity index (χ1) is 10.8. The summed E-state index contributed by atoms with van der Waals surface area (Å²) in [4.78, 5) is 49.2. The highest BCUT2D eigenvalue weighted by atomic mass is 16.6. The van der Waals surface area contributed by atoms with E-state index in [-0.39, 0.29) is 31.1 Å². The van der Waals surface area contributed by atoms with Gasteiger partial charge in [0.2, 0.25) is 0 Å². The van der Waals surface area contributed by atoms with Gasteiger partial charge in [0.15, 0.2) is 0 Å². The molecule has 0 spiro atoms. The van der Waals surface area contributed by atoms with Gasteiger partial charge in [-0.1, -0.05) is 12.7 Å². The molecular weight excluding hydrogens is 308 g/mol. The van der Waals surface area contributed by atoms with Crippen molar-refractivity contribution >= 4 is 18.0 Å². The van der Waals surface area contributed by atoms with Gasteiger partial charge in [0.1, 0.15) is 19.3 Å². The third kappa shape index (κ3) is 6.30. The van der Waals surface area contributed by atoms with Gasteiger partial charge in [0, 0.05) is 13.8 Å². The Labute approximate surface area is 131 Å². The molecule has 0 aliphatic heterocycles. The van der Waals surface area contributed by atoms with E-state index in [9.17, 15) is 19.2 Å². The van der Waals surface area contributed by atoms with Crippen LogP contribution < -0.4 is 11.2 Å². The number of aromatic nitrogens is 2. The molecule has 1 aromatic heterocycles. The monoisotopic (exact) mass is 326 g/mol. The van der Waals surface area contributed by atoms with Crippen molar-refractivity contribution in [1.82, 2.24) is 9.97 Å². The van der Waals surface area contributed by atoms with E-state index in [1.165, 1.54) is 19.9 Å². The number of esters is 2. The molecule has 0 amide bonds. The zero-order valence-electron chi connectivity index (χ0n) is 12.8. The molecule has 0 aliphatic rings. The maximum Gasteiger partial charge on any atom is 0.326 e. The smallest absolute Gasteiger partial charge is 0.326 e. The van der Waals surface area contributed by atoms with Gasteiger partial charge < -0.3 is 19.2 Å². The zero-order chi connectivity index (χ0) is 17.4. The maximum absolute atomic E-state index is 11.6. The summed E-state index contributed by atoms with van der Waals surface area (Å²) in [7, 11) is 0. The molecule has 23 heavy (non-hydrogen) atoms. The summed E-state index contributed by atoms with van der Waals surface area (Å²) in [5, 5.41) is 0. The van der Waals surface area contributed by atoms with E-state index < -0.39 is 29.3 Å². The predicted octanol–water partition coefficient (Wildman–Crippen LogP) is -0.282. The molecule has 9 heteroatoms. The van der Waals surface area contributed by atoms with Crippen molar-refractivity contribution in [2.24, 2.45) is 0 Å². The van der Waals surface area contributed by atoms with Crippen molar-refractivity contribution in [3.63, 3.8) is 0 Å². The van der Waals surface area contributed by atoms with Gasteiger partial charge >= 0.3 is 17.6 Å². The summed E-state index contributed by atoms with van der Waals surface area (Å²) in [6, 6.07) is 0. The standard InChI is InChI=1S/C14H18N2O7/c1-4-11-12(15-14(20)16-13(11)19)7-23-10(5-21-8(2)17)6-22-9(3)18/h4,10H,1,5-7H2,2-3H3,(H2,15,16,19,20). The van der Waals surface area contributed by atoms with Crippen LogP contribution in [0.25, 0.3) is 6.08 Å². The van der Waals surface area contributed by atoms with Gasteiger partial charge in [-0.25, -0.2) is 4.79 Å². The molecule has 0 saturated heterocycles. The molecule has 0 radical (unpaired) electrons. The molecule has 9 nitrogen and oxygen atoms in total. The van der Waals surface area contributed by atoms with E-state index in [2.05, 4.69) is 16.5 Å². The molecule has 0 fully saturated rings. The molecule has 0 aliphatic carbocycles. The minimum Gasteiger partial charge on any atom is -0.463 e. The van der Waals surface area contributed by atoms with E-state index in [0.717, 1.165) is 0 Å². The molecule has 0 atom stereocenters. The average Bonchev–Trinajstić information content (AvgIpc) is 2.45. The first-order valence-corrected chi connectivity index (χ1v) is 6.69. The summed E-state index contributed by atoms with van der Waals surface area (Å²) >= 11 is 0. The second-order valence-corrected chi connectivity index (χ2v) is 4.54. The van der Waals surface area contributed by atoms with Crippen LogP contribution in [0.15, 0.2) is 16.2 Å². The lowest BCUT2D eigenvalue weighted by molar-refractivity contribution is -0.153. The van der Waals surface area contributed by atoms with Gasteiger partial charge in [-0.15, -0.1) is 0 Å². The summed E-state index contributed by atoms with van der Waals surface area (Å²) in [5.74, 6) is -1.03. The van der Waals surface area contributed by atoms with Gasteiger partial charge in [-0.2, -0.15) is 0 Å². The number of ether oxygens (including phenoxy) is 3. The highest BCUT2D eigenvalue weighted by Gasteiger charge is 2.15. The Morgan fingerprint density at radius 3 is 2.17 bits per heavy atom. The zero-order valence-corrected chi connectivity index (χ0v) is 12.8. The third-order valence-electron chi connectivity index (χ3n) is 2.67. The first kappa shape index (κ1) is 18.4. The van der Waals surface area contributed by atoms with Crippen LogP contribution in [0.1, 0.15) is 25.1 Å². The van der Waals surface area contributed by atoms with Crippen molar-refractivity contribution in [3.05, 3.63) is 38.7 Å². The van der Waals surface area contributed by atoms with Crippen molar-refractivity contribution < 1.29 is 23.8 Å². The Morgan fingerprint density at radius 2 is 1.70 bits per heavy atom. The van der Waals surface area contributed by atoms with Crippen LogP contribution in [-0.2, 0) is 30.4 Å². The average molecular weight is 326 g/mol. The lowest BCUT2D eigenvalue weighted by Crippen LogP contribution is -2.30. The van der Waals surface area contributed by atoms with E-state index >= 15 is 0 Å². The van der Waals surface area contributed by atoms with Crippen molar-refractivity contribution in [2.75, 3.05) is 13.2 Å². The molecule has 0 unspecified atom stereocenters. The summed E-state index contributed by atoms with van der Waals surface area (Å²) in [6.45, 7) is 5.51. The van der Waals surface area contributed by atoms with Crippen LogP contribution >= 0.6 is 0 Å². The van der Waals surface area contributed by atoms with Crippen LogP contribution in [0.5, 0.6) is 0 Å². The largest absolute Gasteiger partial charge is 0.463 e. The fraction of sp³-hybridized carbons (Fsp3) is 0.429. The topological polar surface area (TPSA) is 128 Å². The molecule has 126 valence electrons. The summed E-state index contributed by atoms with van der Waals surface area (Å²) < 4.78 is 15.1. The molecular formula is C14H18N2O7. The van der Waals surface area contributed by atoms with E-state index in [1.807, 2.05) is 0 Å². The van der Waals surface area contributed by atoms with Gasteiger partial charge in [-0.05, 0) is 0 Å². The predicted molar refractivity (Wildman–Crippen MR) is 79.6 cm³/mol. The fourth-order valence-corrected chi connectivity index (χ4v) is 1.64. The third-order valence-corrected chi connectivity index (χ3v) is 2.67. The molecule has 2 N–H and O–H groups in total. The molecule has 0 aromatic carbocycles. The van der Waals surface area contributed by atoms with E-state index in [0.29, 0.717) is 0 Å². The quantitative estimate of drug-likeness (QED) is 0.629. The number of carbonyl (C=O) groups is 2. The second-order valence-electron chi connectivity index (χ2n) is 4.54. The van der Waals surface area contributed by atoms with Gasteiger partial charge in [-0.3, -0.25) is 19.4 Å². The highest BCUT2D eigenvalue weighted by Crippen LogP contribution is 2.05. The van der Waals surface area contributed by atoms with Crippen molar-refractivity contribution in [3.8, 4) is 0 Å². The Kier molecular flexibility index (Phi) is 6.94. The van der Waals surface area contributed by atoms with Crippen LogP contribution in [-0.4, -0.2) is 41.2 Å². The second kappa shape index (κ2) is 8.69. The number of carbonyl (C=O) groups excluding carboxylic acids is 2. The van der Waals surface area contributed by atoms with Crippen molar-refractivity contribution in [2.45, 2.75) is 26.6 Å². The number of hydrogen-bond donors (Lipinski definition) is 2. The molecule has 0 bridgehead atoms. The number of aromatic amines is 2. The summed E-state index contributed by atoms with van der Waals surface area (Å²) in [6.07, 6.45) is 0.531. The molecule has 1 heterocycles. The maximum atomic E-state index is 11.6. The van der Waals surface area contributed by atoms with Crippen LogP contribution in [0.2, 0.25) is 0 Å². The minimum absolute atomic E-state index is 0.139. The normalized spacial score (nSPS) is 10.4. The Balaban J connectivity index is 2.82. The number of H-pyrrole nitrogens is 2. The Morgan fingerprint density at radius 1 is 1.13 bits per heavy atom. The number of nitrogens with one attached hydrogen (secondary N) is 2. The van der Waals surface area contributed by atoms with E-state index in [4.69, 9.17) is 14.2 Å². The SMILES string of the molecule is C=Cc1c(COC(COC(C)=O)COC(C)=O)[nH]c(=O)[nH]c1=O. The van der Waals surface area contributed by atoms with Gasteiger partial charge in [0.05, 0.1) is 17.9 Å². The summed E-state index contributed by atoms with van der Waals surface area (Å²) in [5.41, 5.74) is -0.915. The first-order valence-electron chi connectivity index (χ1n) is 6.69. The minimum atomic E-state index is -0.747. The molecule has 1 aromatic rings. The Hall–Kier alpha value is -2.68. The molecule has 0 saturated carbocycles. The van der Waals surface area contributed by atoms with Crippen LogP contribution in [0.4, 0.5) is 0 Å². The number of rotatable bonds is 8. The Bertz CT molecular complexity index is 671. The van der Waals surface area contributed by atoms with Crippen molar-refractivity contribution in [1.29, 1.82) is 0 Å². The lowest BCUT2D eigenvalue weighted by atomic mass is 10.2. The van der Waals surface area contributed by atoms with Crippen LogP contribution in [0.3, 0.4) is 0 Å². The fourth-order valence-electron chi connectivity index (χ4n) is 1.64. The van der Waals surface area contributed by atoms with Crippen LogP contribution in [0, 0.1) is 0 Å². The number of hydrogen-bond acceptors (Lipinski definition) is 7. The molecule has 1 rings (SSSR count). The van der Waals surface area contributed by atoms with Gasteiger partial charge in [0.25, 0.3) is 5.56 Å².